The van der Waals surface area contributed by atoms with E-state index in [1.807, 2.05) is 0 Å². The first-order valence-electron chi connectivity index (χ1n) is 2.66. The highest BCUT2D eigenvalue weighted by Crippen LogP contribution is 1.67. The molecule has 0 aliphatic carbocycles. The number of hydrogen-bond donors (Lipinski definition) is 0. The van der Waals surface area contributed by atoms with Crippen molar-refractivity contribution in [3.05, 3.63) is 38.0 Å². The molecule has 2 heteroatoms. The van der Waals surface area contributed by atoms with Crippen molar-refractivity contribution in [3.63, 3.8) is 0 Å². The lowest BCUT2D eigenvalue weighted by Gasteiger charge is -1.83. The van der Waals surface area contributed by atoms with E-state index in [4.69, 9.17) is 0 Å². The number of carbonyl (C=O) groups excluding carboxylic acids is 1. The topological polar surface area (TPSA) is 26.3 Å². The van der Waals surface area contributed by atoms with Crippen LogP contribution in [0.3, 0.4) is 0 Å². The Morgan fingerprint density at radius 3 is 1.70 bits per heavy atom. The molecule has 0 N–H and O–H groups in total. The number of allylic oxidation sites excluding steroid dienone is 2. The largest absolute Gasteiger partial charge is 0.466 e. The normalized spacial score (nSPS) is 6.10. The van der Waals surface area contributed by atoms with Gasteiger partial charge in [-0.1, -0.05) is 31.9 Å². The Balaban J connectivity index is 0. The molecule has 0 saturated carbocycles. The van der Waals surface area contributed by atoms with Gasteiger partial charge in [0, 0.05) is 6.08 Å². The van der Waals surface area contributed by atoms with Crippen molar-refractivity contribution in [2.45, 2.75) is 0 Å². The van der Waals surface area contributed by atoms with Gasteiger partial charge in [-0.3, -0.25) is 0 Å². The van der Waals surface area contributed by atoms with Crippen molar-refractivity contribution in [3.8, 4) is 0 Å². The van der Waals surface area contributed by atoms with E-state index in [2.05, 4.69) is 24.5 Å². The quantitative estimate of drug-likeness (QED) is 0.331. The zero-order chi connectivity index (χ0) is 8.41. The van der Waals surface area contributed by atoms with Crippen LogP contribution in [0.4, 0.5) is 0 Å². The highest BCUT2D eigenvalue weighted by Gasteiger charge is 1.81. The number of methoxy groups -OCH3 is 1. The molecule has 0 heterocycles. The first kappa shape index (κ1) is 11.5. The average molecular weight is 140 g/mol. The second-order valence-electron chi connectivity index (χ2n) is 1.20. The van der Waals surface area contributed by atoms with Crippen molar-refractivity contribution in [2.75, 3.05) is 7.11 Å². The van der Waals surface area contributed by atoms with E-state index in [9.17, 15) is 4.79 Å². The van der Waals surface area contributed by atoms with E-state index in [1.54, 1.807) is 12.2 Å². The predicted octanol–water partition coefficient (Wildman–Crippen LogP) is 1.70. The smallest absolute Gasteiger partial charge is 0.329 e. The molecule has 0 aliphatic heterocycles. The SMILES string of the molecule is C=CC(=O)OC.C=CC=C. The van der Waals surface area contributed by atoms with Crippen molar-refractivity contribution >= 4 is 5.97 Å². The van der Waals surface area contributed by atoms with E-state index < -0.39 is 5.97 Å². The Labute approximate surface area is 61.5 Å². The number of carbonyl (C=O) groups is 1. The second kappa shape index (κ2) is 10.6. The molecule has 0 aromatic rings. The third-order valence-corrected chi connectivity index (χ3v) is 0.535. The van der Waals surface area contributed by atoms with Crippen molar-refractivity contribution in [1.82, 2.24) is 0 Å². The van der Waals surface area contributed by atoms with Gasteiger partial charge in [-0.05, 0) is 0 Å². The lowest BCUT2D eigenvalue weighted by atomic mass is 10.6. The van der Waals surface area contributed by atoms with Gasteiger partial charge in [0.2, 0.25) is 0 Å². The molecule has 0 saturated heterocycles. The lowest BCUT2D eigenvalue weighted by Crippen LogP contribution is -1.91. The molecule has 10 heavy (non-hydrogen) atoms. The summed E-state index contributed by atoms with van der Waals surface area (Å²) in [7, 11) is 1.31. The zero-order valence-electron chi connectivity index (χ0n) is 6.17. The van der Waals surface area contributed by atoms with E-state index >= 15 is 0 Å². The van der Waals surface area contributed by atoms with Gasteiger partial charge in [0.05, 0.1) is 7.11 Å². The molecule has 0 unspecified atom stereocenters. The summed E-state index contributed by atoms with van der Waals surface area (Å²) in [4.78, 5) is 9.84. The molecular formula is C8H12O2. The molecule has 0 aromatic carbocycles. The fourth-order valence-corrected chi connectivity index (χ4v) is 0.0833. The first-order valence-corrected chi connectivity index (χ1v) is 2.66. The fraction of sp³-hybridized carbons (Fsp3) is 0.125. The van der Waals surface area contributed by atoms with E-state index in [0.29, 0.717) is 0 Å². The monoisotopic (exact) mass is 140 g/mol. The van der Waals surface area contributed by atoms with Crippen LogP contribution in [-0.2, 0) is 9.53 Å². The van der Waals surface area contributed by atoms with Gasteiger partial charge in [-0.15, -0.1) is 0 Å². The Morgan fingerprint density at radius 2 is 1.70 bits per heavy atom. The van der Waals surface area contributed by atoms with Crippen LogP contribution in [0.25, 0.3) is 0 Å². The summed E-state index contributed by atoms with van der Waals surface area (Å²) in [6.07, 6.45) is 4.39. The summed E-state index contributed by atoms with van der Waals surface area (Å²) >= 11 is 0. The molecule has 0 radical (unpaired) electrons. The zero-order valence-corrected chi connectivity index (χ0v) is 6.17. The van der Waals surface area contributed by atoms with Gasteiger partial charge in [0.25, 0.3) is 0 Å². The van der Waals surface area contributed by atoms with Gasteiger partial charge in [0.15, 0.2) is 0 Å². The number of esters is 1. The van der Waals surface area contributed by atoms with Crippen LogP contribution in [-0.4, -0.2) is 13.1 Å². The maximum atomic E-state index is 9.84. The van der Waals surface area contributed by atoms with Gasteiger partial charge in [0.1, 0.15) is 0 Å². The predicted molar refractivity (Wildman–Crippen MR) is 42.6 cm³/mol. The molecule has 0 atom stereocenters. The highest BCUT2D eigenvalue weighted by molar-refractivity contribution is 5.80. The lowest BCUT2D eigenvalue weighted by molar-refractivity contribution is -0.134. The average Bonchev–Trinajstić information content (AvgIpc) is 2.03. The molecule has 56 valence electrons. The Kier molecular flexibility index (Phi) is 12.2. The fourth-order valence-electron chi connectivity index (χ4n) is 0.0833. The number of rotatable bonds is 2. The summed E-state index contributed by atoms with van der Waals surface area (Å²) in [5.41, 5.74) is 0. The van der Waals surface area contributed by atoms with E-state index in [1.165, 1.54) is 7.11 Å². The summed E-state index contributed by atoms with van der Waals surface area (Å²) in [6, 6.07) is 0. The van der Waals surface area contributed by atoms with Crippen LogP contribution < -0.4 is 0 Å². The minimum absolute atomic E-state index is 0.394. The molecule has 2 nitrogen and oxygen atoms in total. The first-order chi connectivity index (χ1) is 4.72. The highest BCUT2D eigenvalue weighted by atomic mass is 16.5. The summed E-state index contributed by atoms with van der Waals surface area (Å²) in [6.45, 7) is 9.88. The minimum atomic E-state index is -0.394. The van der Waals surface area contributed by atoms with Crippen LogP contribution >= 0.6 is 0 Å². The van der Waals surface area contributed by atoms with Crippen molar-refractivity contribution < 1.29 is 9.53 Å². The molecule has 0 spiro atoms. The van der Waals surface area contributed by atoms with E-state index in [-0.39, 0.29) is 0 Å². The number of ether oxygens (including phenoxy) is 1. The van der Waals surface area contributed by atoms with Crippen molar-refractivity contribution in [2.24, 2.45) is 0 Å². The molecule has 0 fully saturated rings. The van der Waals surface area contributed by atoms with Gasteiger partial charge in [-0.2, -0.15) is 0 Å². The Hall–Kier alpha value is -1.31. The van der Waals surface area contributed by atoms with Crippen LogP contribution in [0.1, 0.15) is 0 Å². The summed E-state index contributed by atoms with van der Waals surface area (Å²) in [5, 5.41) is 0. The Bertz CT molecular complexity index is 119. The molecule has 0 rings (SSSR count). The molecule has 0 amide bonds. The van der Waals surface area contributed by atoms with Crippen molar-refractivity contribution in [1.29, 1.82) is 0 Å². The van der Waals surface area contributed by atoms with E-state index in [0.717, 1.165) is 6.08 Å². The van der Waals surface area contributed by atoms with Crippen LogP contribution in [0.5, 0.6) is 0 Å². The van der Waals surface area contributed by atoms with Crippen LogP contribution in [0.2, 0.25) is 0 Å². The summed E-state index contributed by atoms with van der Waals surface area (Å²) < 4.78 is 4.14. The van der Waals surface area contributed by atoms with Crippen LogP contribution in [0.15, 0.2) is 38.0 Å². The maximum absolute atomic E-state index is 9.84. The van der Waals surface area contributed by atoms with Gasteiger partial charge < -0.3 is 4.74 Å². The maximum Gasteiger partial charge on any atom is 0.329 e. The third-order valence-electron chi connectivity index (χ3n) is 0.535. The molecule has 0 aromatic heterocycles. The van der Waals surface area contributed by atoms with Gasteiger partial charge >= 0.3 is 5.97 Å². The molecular weight excluding hydrogens is 128 g/mol. The number of hydrogen-bond acceptors (Lipinski definition) is 2. The van der Waals surface area contributed by atoms with Crippen LogP contribution in [0, 0.1) is 0 Å². The Morgan fingerprint density at radius 1 is 1.30 bits per heavy atom. The molecule has 0 aliphatic rings. The summed E-state index contributed by atoms with van der Waals surface area (Å²) in [5.74, 6) is -0.394. The standard InChI is InChI=1S/C4H6O2.C4H6/c1-3-4(5)6-2;1-3-4-2/h3H,1H2,2H3;3-4H,1-2H2. The van der Waals surface area contributed by atoms with Gasteiger partial charge in [-0.25, -0.2) is 4.79 Å². The second-order valence-corrected chi connectivity index (χ2v) is 1.20. The minimum Gasteiger partial charge on any atom is -0.466 e. The third kappa shape index (κ3) is 15.9. The molecule has 0 bridgehead atoms.